The van der Waals surface area contributed by atoms with Gasteiger partial charge in [0.1, 0.15) is 0 Å². The molecule has 5 aliphatic carbocycles. The summed E-state index contributed by atoms with van der Waals surface area (Å²) in [5.41, 5.74) is 43.1. The Labute approximate surface area is 821 Å². The van der Waals surface area contributed by atoms with Crippen LogP contribution in [0.3, 0.4) is 0 Å². The Hall–Kier alpha value is -12.6. The third kappa shape index (κ3) is 13.1. The molecule has 2 aliphatic heterocycles. The molecule has 18 aromatic carbocycles. The Bertz CT molecular complexity index is 7690. The Morgan fingerprint density at radius 3 is 0.791 bits per heavy atom. The molecule has 2 heterocycles. The molecule has 4 nitrogen and oxygen atoms in total. The van der Waals surface area contributed by atoms with Gasteiger partial charge in [0.2, 0.25) is 0 Å². The van der Waals surface area contributed by atoms with Crippen LogP contribution in [0.4, 0.5) is 0 Å². The van der Waals surface area contributed by atoms with Crippen LogP contribution in [0.25, 0.3) is 187 Å². The van der Waals surface area contributed by atoms with Gasteiger partial charge in [-0.15, -0.1) is 13.2 Å². The molecule has 2 fully saturated rings. The lowest BCUT2D eigenvalue weighted by atomic mass is 9.72. The van der Waals surface area contributed by atoms with Crippen molar-refractivity contribution in [1.29, 1.82) is 0 Å². The summed E-state index contributed by atoms with van der Waals surface area (Å²) < 4.78 is 24.9. The molecule has 2 saturated heterocycles. The molecule has 0 N–H and O–H groups in total. The second kappa shape index (κ2) is 31.7. The predicted molar refractivity (Wildman–Crippen MR) is 586 cm³/mol. The van der Waals surface area contributed by atoms with Crippen molar-refractivity contribution in [3.8, 4) is 122 Å². The highest BCUT2D eigenvalue weighted by Crippen LogP contribution is 2.62. The third-order valence-corrected chi connectivity index (χ3v) is 35.8. The van der Waals surface area contributed by atoms with Crippen LogP contribution in [0.2, 0.25) is 0 Å². The first-order valence-corrected chi connectivity index (χ1v) is 51.7. The first-order chi connectivity index (χ1) is 67.2. The van der Waals surface area contributed by atoms with Gasteiger partial charge in [0.05, 0.1) is 39.6 Å². The van der Waals surface area contributed by atoms with Gasteiger partial charge < -0.3 is 18.9 Å². The summed E-state index contributed by atoms with van der Waals surface area (Å²) in [4.78, 5) is 0. The normalized spacial score (nSPS) is 18.2. The number of benzene rings is 18. The summed E-state index contributed by atoms with van der Waals surface area (Å²) >= 11 is 0. The summed E-state index contributed by atoms with van der Waals surface area (Å²) in [7, 11) is 0. The number of hydrogen-bond acceptors (Lipinski definition) is 4. The van der Waals surface area contributed by atoms with Crippen molar-refractivity contribution in [2.75, 3.05) is 52.9 Å². The van der Waals surface area contributed by atoms with Gasteiger partial charge in [-0.1, -0.05) is 327 Å². The van der Waals surface area contributed by atoms with Gasteiger partial charge >= 0.3 is 0 Å². The fourth-order valence-corrected chi connectivity index (χ4v) is 26.9. The van der Waals surface area contributed by atoms with E-state index in [-0.39, 0.29) is 37.9 Å². The molecular weight excluding hydrogens is 1690 g/mol. The quantitative estimate of drug-likeness (QED) is 0.0343. The fraction of sp³-hybridized carbons (Fsp3) is 0.289. The van der Waals surface area contributed by atoms with E-state index in [2.05, 4.69) is 388 Å². The molecule has 0 bridgehead atoms. The Morgan fingerprint density at radius 2 is 0.518 bits per heavy atom. The number of rotatable bonds is 24. The Morgan fingerprint density at radius 1 is 0.273 bits per heavy atom. The van der Waals surface area contributed by atoms with Crippen LogP contribution >= 0.6 is 0 Å². The zero-order valence-corrected chi connectivity index (χ0v) is 83.6. The van der Waals surface area contributed by atoms with E-state index in [4.69, 9.17) is 32.1 Å². The first kappa shape index (κ1) is 87.8. The maximum Gasteiger partial charge on any atom is 0.0566 e. The minimum Gasteiger partial charge on any atom is -0.381 e. The summed E-state index contributed by atoms with van der Waals surface area (Å²) in [5, 5.41) is 15.9. The van der Waals surface area contributed by atoms with Crippen molar-refractivity contribution in [2.45, 2.75) is 186 Å². The van der Waals surface area contributed by atoms with E-state index in [1.54, 1.807) is 0 Å². The molecule has 0 radical (unpaired) electrons. The van der Waals surface area contributed by atoms with Gasteiger partial charge in [0.25, 0.3) is 0 Å². The van der Waals surface area contributed by atoms with Crippen LogP contribution in [0, 0.1) is 10.8 Å². The molecule has 25 rings (SSSR count). The van der Waals surface area contributed by atoms with Crippen LogP contribution in [0.15, 0.2) is 304 Å². The molecule has 18 aromatic rings. The second-order valence-electron chi connectivity index (χ2n) is 45.9. The van der Waals surface area contributed by atoms with Crippen LogP contribution < -0.4 is 0 Å². The molecule has 139 heavy (non-hydrogen) atoms. The summed E-state index contributed by atoms with van der Waals surface area (Å²) in [6.45, 7) is 48.6. The van der Waals surface area contributed by atoms with Gasteiger partial charge in [0.15, 0.2) is 0 Å². The lowest BCUT2D eigenvalue weighted by Crippen LogP contribution is -2.45. The SMILES string of the molecule is C=CC1(CCCOCC2(CC)COC2)c2cc(-c3ccc4c(c3)C(C)(C)c3cc(-c5ccc6ccc7cc(C(C)(C)C)cc8ccc5c6c78)ccc3-4)ccc2-c2ccc(-c3ccc4c(c3)C(CC)(CC)c3cc(-c5ccc6c(c5)C(C=C)(CCCOCC5(CC)COC5)c5cc(-c7ccc8c(c7)C(C)(C)c7cc(-c9ccc%10ccc%11cc(C(C)(C)C)cc%12ccc9c%10c%11%12)ccc7-8)ccc5-6)ccc3-4)cc21. The summed E-state index contributed by atoms with van der Waals surface area (Å²) in [6, 6.07) is 111. The van der Waals surface area contributed by atoms with Crippen molar-refractivity contribution in [1.82, 2.24) is 0 Å². The van der Waals surface area contributed by atoms with E-state index in [1.807, 2.05) is 0 Å². The number of allylic oxidation sites excluding steroid dienone is 2. The van der Waals surface area contributed by atoms with Crippen molar-refractivity contribution in [2.24, 2.45) is 10.8 Å². The second-order valence-corrected chi connectivity index (χ2v) is 45.9. The number of ether oxygens (including phenoxy) is 4. The highest BCUT2D eigenvalue weighted by atomic mass is 16.5. The minimum absolute atomic E-state index is 0.0576. The zero-order valence-electron chi connectivity index (χ0n) is 83.6. The molecule has 2 unspecified atom stereocenters. The fourth-order valence-electron chi connectivity index (χ4n) is 26.9. The lowest BCUT2D eigenvalue weighted by Gasteiger charge is -2.40. The zero-order chi connectivity index (χ0) is 95.1. The summed E-state index contributed by atoms with van der Waals surface area (Å²) in [6.07, 6.45) is 12.1. The molecular formula is C135H126O4. The molecule has 0 amide bonds. The highest BCUT2D eigenvalue weighted by molar-refractivity contribution is 6.27. The van der Waals surface area contributed by atoms with Gasteiger partial charge in [-0.2, -0.15) is 0 Å². The van der Waals surface area contributed by atoms with Gasteiger partial charge in [-0.3, -0.25) is 0 Å². The average Bonchev–Trinajstić information content (AvgIpc) is 1.51. The predicted octanol–water partition coefficient (Wildman–Crippen LogP) is 35.1. The van der Waals surface area contributed by atoms with Crippen LogP contribution in [0.1, 0.15) is 215 Å². The van der Waals surface area contributed by atoms with Crippen molar-refractivity contribution < 1.29 is 18.9 Å². The van der Waals surface area contributed by atoms with Gasteiger partial charge in [-0.05, 0) is 377 Å². The van der Waals surface area contributed by atoms with Crippen LogP contribution in [0.5, 0.6) is 0 Å². The molecule has 2 atom stereocenters. The highest BCUT2D eigenvalue weighted by Gasteiger charge is 2.48. The van der Waals surface area contributed by atoms with E-state index >= 15 is 0 Å². The van der Waals surface area contributed by atoms with Crippen molar-refractivity contribution >= 4 is 64.6 Å². The van der Waals surface area contributed by atoms with Crippen LogP contribution in [-0.2, 0) is 56.9 Å². The third-order valence-electron chi connectivity index (χ3n) is 35.8. The largest absolute Gasteiger partial charge is 0.381 e. The molecule has 0 saturated carbocycles. The smallest absolute Gasteiger partial charge is 0.0566 e. The maximum atomic E-state index is 6.68. The van der Waals surface area contributed by atoms with Crippen molar-refractivity contribution in [3.63, 3.8) is 0 Å². The first-order valence-electron chi connectivity index (χ1n) is 51.7. The number of hydrogen-bond donors (Lipinski definition) is 0. The van der Waals surface area contributed by atoms with E-state index in [9.17, 15) is 0 Å². The van der Waals surface area contributed by atoms with E-state index in [0.717, 1.165) is 91.0 Å². The molecule has 690 valence electrons. The molecule has 4 heteroatoms. The Balaban J connectivity index is 0.518. The topological polar surface area (TPSA) is 36.9 Å². The Kier molecular flexibility index (Phi) is 20.0. The van der Waals surface area contributed by atoms with Gasteiger partial charge in [0, 0.05) is 51.1 Å². The average molecular weight is 1810 g/mol. The lowest BCUT2D eigenvalue weighted by molar-refractivity contribution is -0.150. The number of fused-ring (bicyclic) bond motifs is 15. The molecule has 0 spiro atoms. The monoisotopic (exact) mass is 1810 g/mol. The van der Waals surface area contributed by atoms with Crippen molar-refractivity contribution in [3.05, 3.63) is 371 Å². The van der Waals surface area contributed by atoms with Gasteiger partial charge in [-0.25, -0.2) is 0 Å². The minimum atomic E-state index is -0.479. The maximum absolute atomic E-state index is 6.68. The standard InChI is InChI=1S/C135H126O4/c1-17-131(77-138-78-131)75-136-59-23-57-134(21-5)119-69-87(83-31-45-101-103-53-39-91(73-115(103)129(13,14)113(101)65-83)99-43-29-81-25-27-93-61-97(127(7,8)9)63-95-41-55-111(99)125(81)123(93)95)35-49-107(119)109-51-37-89(71-121(109)134)85-33-47-105-106-48-34-86(68-118(106)133(19-3,20-4)117(105)67-85)90-38-52-110-108-50-36-88(70-120(108)135(22-6,122(110)72-90)58-24-60-137-76-132(18-2)79-139-80-132)84-32-46-102-104-54-40-92(74-116(104)130(15,16)114(102)66-84)100-44-30-82-26-28-94-62-98(128(10,11)12)64-96-42-56-112(100)126(82)124(94)96/h21-22,25-56,61-74H,5-6,17-20,23-24,57-60,75-80H2,1-4,7-16H3. The van der Waals surface area contributed by atoms with E-state index in [1.165, 1.54) is 254 Å². The van der Waals surface area contributed by atoms with E-state index < -0.39 is 10.8 Å². The molecule has 0 aromatic heterocycles. The summed E-state index contributed by atoms with van der Waals surface area (Å²) in [5.74, 6) is 0. The van der Waals surface area contributed by atoms with Crippen LogP contribution in [-0.4, -0.2) is 52.9 Å². The van der Waals surface area contributed by atoms with E-state index in [0.29, 0.717) is 13.2 Å². The molecule has 7 aliphatic rings.